The second-order valence-corrected chi connectivity index (χ2v) is 6.37. The van der Waals surface area contributed by atoms with Crippen LogP contribution in [-0.2, 0) is 4.74 Å². The first-order chi connectivity index (χ1) is 7.99. The van der Waals surface area contributed by atoms with Gasteiger partial charge in [-0.1, -0.05) is 34.1 Å². The summed E-state index contributed by atoms with van der Waals surface area (Å²) < 4.78 is 5.93. The smallest absolute Gasteiger partial charge is 0.0736 e. The number of ether oxygens (including phenoxy) is 1. The van der Waals surface area contributed by atoms with Crippen molar-refractivity contribution in [1.82, 2.24) is 0 Å². The molecule has 3 unspecified atom stereocenters. The molecule has 2 heteroatoms. The second kappa shape index (κ2) is 6.40. The van der Waals surface area contributed by atoms with Crippen molar-refractivity contribution in [3.63, 3.8) is 0 Å². The summed E-state index contributed by atoms with van der Waals surface area (Å²) in [7, 11) is 0. The highest BCUT2D eigenvalue weighted by Crippen LogP contribution is 2.40. The topological polar surface area (TPSA) is 33.0 Å². The molecule has 17 heavy (non-hydrogen) atoms. The predicted octanol–water partition coefficient (Wildman–Crippen LogP) is 4.16. The molecule has 1 fully saturated rings. The molecular formula is C15H27NO. The molecule has 0 amide bonds. The number of hydrogen-bond donors (Lipinski definition) is 0. The van der Waals surface area contributed by atoms with Crippen LogP contribution in [0.15, 0.2) is 0 Å². The molecule has 1 aliphatic carbocycles. The SMILES string of the molecule is CCCCOC1CC(C(C)(C)C)CCC1C#N. The molecule has 0 N–H and O–H groups in total. The Morgan fingerprint density at radius 3 is 2.53 bits per heavy atom. The summed E-state index contributed by atoms with van der Waals surface area (Å²) in [6, 6.07) is 2.43. The van der Waals surface area contributed by atoms with Crippen LogP contribution in [0.1, 0.15) is 59.8 Å². The first kappa shape index (κ1) is 14.5. The minimum Gasteiger partial charge on any atom is -0.377 e. The number of rotatable bonds is 4. The van der Waals surface area contributed by atoms with Gasteiger partial charge in [0.25, 0.3) is 0 Å². The monoisotopic (exact) mass is 237 g/mol. The molecule has 1 rings (SSSR count). The van der Waals surface area contributed by atoms with E-state index in [1.165, 1.54) is 6.42 Å². The van der Waals surface area contributed by atoms with E-state index in [9.17, 15) is 5.26 Å². The molecule has 0 bridgehead atoms. The molecule has 3 atom stereocenters. The van der Waals surface area contributed by atoms with Crippen LogP contribution in [0.25, 0.3) is 0 Å². The van der Waals surface area contributed by atoms with Crippen LogP contribution in [0.5, 0.6) is 0 Å². The Bertz CT molecular complexity index is 261. The normalized spacial score (nSPS) is 29.9. The lowest BCUT2D eigenvalue weighted by molar-refractivity contribution is -0.0287. The Hall–Kier alpha value is -0.550. The predicted molar refractivity (Wildman–Crippen MR) is 70.5 cm³/mol. The van der Waals surface area contributed by atoms with Crippen molar-refractivity contribution in [1.29, 1.82) is 5.26 Å². The fourth-order valence-corrected chi connectivity index (χ4v) is 2.63. The van der Waals surface area contributed by atoms with Gasteiger partial charge in [-0.15, -0.1) is 0 Å². The Morgan fingerprint density at radius 1 is 1.29 bits per heavy atom. The summed E-state index contributed by atoms with van der Waals surface area (Å²) in [6.07, 6.45) is 5.68. The molecule has 0 aromatic rings. The highest BCUT2D eigenvalue weighted by Gasteiger charge is 2.36. The Labute approximate surface area is 106 Å². The van der Waals surface area contributed by atoms with Crippen molar-refractivity contribution < 1.29 is 4.74 Å². The van der Waals surface area contributed by atoms with Gasteiger partial charge in [0, 0.05) is 6.61 Å². The van der Waals surface area contributed by atoms with Gasteiger partial charge in [-0.2, -0.15) is 5.26 Å². The summed E-state index contributed by atoms with van der Waals surface area (Å²) in [5.74, 6) is 0.809. The van der Waals surface area contributed by atoms with E-state index in [1.54, 1.807) is 0 Å². The maximum atomic E-state index is 9.18. The Morgan fingerprint density at radius 2 is 2.00 bits per heavy atom. The molecular weight excluding hydrogens is 210 g/mol. The zero-order chi connectivity index (χ0) is 12.9. The van der Waals surface area contributed by atoms with Gasteiger partial charge in [-0.25, -0.2) is 0 Å². The minimum absolute atomic E-state index is 0.116. The van der Waals surface area contributed by atoms with Crippen LogP contribution >= 0.6 is 0 Å². The second-order valence-electron chi connectivity index (χ2n) is 6.37. The van der Waals surface area contributed by atoms with Gasteiger partial charge in [0.15, 0.2) is 0 Å². The highest BCUT2D eigenvalue weighted by molar-refractivity contribution is 4.95. The molecule has 2 nitrogen and oxygen atoms in total. The summed E-state index contributed by atoms with van der Waals surface area (Å²) in [5.41, 5.74) is 0.340. The highest BCUT2D eigenvalue weighted by atomic mass is 16.5. The largest absolute Gasteiger partial charge is 0.377 e. The van der Waals surface area contributed by atoms with Crippen LogP contribution in [0, 0.1) is 28.6 Å². The number of nitrogens with zero attached hydrogens (tertiary/aromatic N) is 1. The Kier molecular flexibility index (Phi) is 5.46. The number of nitriles is 1. The summed E-state index contributed by atoms with van der Waals surface area (Å²) in [6.45, 7) is 9.88. The molecule has 0 aliphatic heterocycles. The van der Waals surface area contributed by atoms with Gasteiger partial charge in [0.1, 0.15) is 0 Å². The van der Waals surface area contributed by atoms with E-state index in [0.717, 1.165) is 32.3 Å². The first-order valence-corrected chi connectivity index (χ1v) is 7.00. The quantitative estimate of drug-likeness (QED) is 0.688. The van der Waals surface area contributed by atoms with Crippen molar-refractivity contribution in [3.8, 4) is 6.07 Å². The third-order valence-corrected chi connectivity index (χ3v) is 4.01. The van der Waals surface area contributed by atoms with Crippen molar-refractivity contribution in [2.24, 2.45) is 17.3 Å². The summed E-state index contributed by atoms with van der Waals surface area (Å²) in [5, 5.41) is 9.18. The van der Waals surface area contributed by atoms with Gasteiger partial charge in [0.05, 0.1) is 18.1 Å². The van der Waals surface area contributed by atoms with Crippen molar-refractivity contribution >= 4 is 0 Å². The first-order valence-electron chi connectivity index (χ1n) is 7.00. The maximum absolute atomic E-state index is 9.18. The molecule has 0 aromatic heterocycles. The fraction of sp³-hybridized carbons (Fsp3) is 0.933. The molecule has 0 radical (unpaired) electrons. The number of unbranched alkanes of at least 4 members (excludes halogenated alkanes) is 1. The molecule has 98 valence electrons. The van der Waals surface area contributed by atoms with Crippen LogP contribution in [-0.4, -0.2) is 12.7 Å². The van der Waals surface area contributed by atoms with Crippen LogP contribution < -0.4 is 0 Å². The van der Waals surface area contributed by atoms with Crippen LogP contribution in [0.4, 0.5) is 0 Å². The zero-order valence-electron chi connectivity index (χ0n) is 11.8. The standard InChI is InChI=1S/C15H27NO/c1-5-6-9-17-14-10-13(15(2,3)4)8-7-12(14)11-16/h12-14H,5-10H2,1-4H3. The minimum atomic E-state index is 0.116. The summed E-state index contributed by atoms with van der Waals surface area (Å²) >= 11 is 0. The van der Waals surface area contributed by atoms with Crippen LogP contribution in [0.3, 0.4) is 0 Å². The van der Waals surface area contributed by atoms with Gasteiger partial charge < -0.3 is 4.74 Å². The fourth-order valence-electron chi connectivity index (χ4n) is 2.63. The third kappa shape index (κ3) is 4.32. The lowest BCUT2D eigenvalue weighted by Crippen LogP contribution is -2.36. The molecule has 0 heterocycles. The molecule has 1 aliphatic rings. The van der Waals surface area contributed by atoms with Crippen molar-refractivity contribution in [3.05, 3.63) is 0 Å². The lowest BCUT2D eigenvalue weighted by Gasteiger charge is -2.39. The average Bonchev–Trinajstić information content (AvgIpc) is 2.28. The molecule has 0 saturated heterocycles. The van der Waals surface area contributed by atoms with Crippen molar-refractivity contribution in [2.45, 2.75) is 65.9 Å². The van der Waals surface area contributed by atoms with E-state index in [4.69, 9.17) is 4.74 Å². The van der Waals surface area contributed by atoms with E-state index in [1.807, 2.05) is 0 Å². The summed E-state index contributed by atoms with van der Waals surface area (Å²) in [4.78, 5) is 0. The third-order valence-electron chi connectivity index (χ3n) is 4.01. The zero-order valence-corrected chi connectivity index (χ0v) is 11.8. The van der Waals surface area contributed by atoms with E-state index in [0.29, 0.717) is 11.3 Å². The van der Waals surface area contributed by atoms with Gasteiger partial charge in [0.2, 0.25) is 0 Å². The molecule has 0 spiro atoms. The van der Waals surface area contributed by atoms with Gasteiger partial charge >= 0.3 is 0 Å². The van der Waals surface area contributed by atoms with E-state index in [2.05, 4.69) is 33.8 Å². The van der Waals surface area contributed by atoms with E-state index < -0.39 is 0 Å². The molecule has 1 saturated carbocycles. The van der Waals surface area contributed by atoms with Gasteiger partial charge in [-0.3, -0.25) is 0 Å². The van der Waals surface area contributed by atoms with E-state index in [-0.39, 0.29) is 12.0 Å². The number of hydrogen-bond acceptors (Lipinski definition) is 2. The van der Waals surface area contributed by atoms with Gasteiger partial charge in [-0.05, 0) is 37.0 Å². The van der Waals surface area contributed by atoms with Crippen molar-refractivity contribution in [2.75, 3.05) is 6.61 Å². The average molecular weight is 237 g/mol. The molecule has 0 aromatic carbocycles. The van der Waals surface area contributed by atoms with Crippen LogP contribution in [0.2, 0.25) is 0 Å². The Balaban J connectivity index is 2.53. The lowest BCUT2D eigenvalue weighted by atomic mass is 9.69. The van der Waals surface area contributed by atoms with E-state index >= 15 is 0 Å². The maximum Gasteiger partial charge on any atom is 0.0736 e.